The van der Waals surface area contributed by atoms with E-state index in [0.717, 1.165) is 25.9 Å². The lowest BCUT2D eigenvalue weighted by Crippen LogP contribution is -2.48. The lowest BCUT2D eigenvalue weighted by atomic mass is 9.77. The molecule has 5 aliphatic rings. The standard InChI is InChI=1S/C48H62ClN5O10/c1-8-30-23-48(30,45(58)59-7)24-38(55)37-20-32(25-54(37)44(57)34(47(4,5)6)21-41(56)64-31-18-28-17-29(28)19-31)63-40-22-35(36-26-62-46(52-36)50-27(2)3)51-43-33(40)9-10-39(42(43)49)61-16-13-53-11-14-60-15-12-53/h8-10,22,26-32,34,37H,1,11-21,23-25H2,2-7H3,(H,50,52)/t28-,29+,30-,31?,32-,34-,37+,48?/m1/s1. The van der Waals surface area contributed by atoms with Gasteiger partial charge in [0.15, 0.2) is 5.78 Å². The molecule has 2 aromatic heterocycles. The molecule has 8 atom stereocenters. The van der Waals surface area contributed by atoms with Crippen molar-refractivity contribution in [2.24, 2.45) is 34.5 Å². The van der Waals surface area contributed by atoms with Crippen molar-refractivity contribution in [1.29, 1.82) is 0 Å². The van der Waals surface area contributed by atoms with Gasteiger partial charge in [-0.3, -0.25) is 24.1 Å². The maximum Gasteiger partial charge on any atom is 0.312 e. The second-order valence-corrected chi connectivity index (χ2v) is 20.1. The zero-order chi connectivity index (χ0) is 45.5. The van der Waals surface area contributed by atoms with Crippen molar-refractivity contribution in [2.45, 2.75) is 104 Å². The van der Waals surface area contributed by atoms with Crippen LogP contribution < -0.4 is 14.8 Å². The number of nitrogens with zero attached hydrogens (tertiary/aromatic N) is 4. The van der Waals surface area contributed by atoms with E-state index in [1.807, 2.05) is 40.7 Å². The second-order valence-electron chi connectivity index (χ2n) is 19.7. The van der Waals surface area contributed by atoms with Gasteiger partial charge in [0.2, 0.25) is 5.91 Å². The molecule has 15 nitrogen and oxygen atoms in total. The van der Waals surface area contributed by atoms with Gasteiger partial charge in [0.25, 0.3) is 6.01 Å². The molecule has 3 aliphatic carbocycles. The minimum atomic E-state index is -1.05. The van der Waals surface area contributed by atoms with Crippen LogP contribution in [0.15, 0.2) is 41.5 Å². The van der Waals surface area contributed by atoms with Crippen LogP contribution >= 0.6 is 11.6 Å². The maximum atomic E-state index is 15.0. The van der Waals surface area contributed by atoms with Crippen molar-refractivity contribution in [3.8, 4) is 22.9 Å². The number of morpholine rings is 1. The average Bonchev–Trinajstić information content (AvgIpc) is 3.92. The number of esters is 2. The van der Waals surface area contributed by atoms with Gasteiger partial charge in [-0.1, -0.05) is 38.4 Å². The van der Waals surface area contributed by atoms with E-state index in [1.54, 1.807) is 23.1 Å². The first kappa shape index (κ1) is 45.8. The summed E-state index contributed by atoms with van der Waals surface area (Å²) in [6, 6.07) is 4.82. The molecule has 3 saturated carbocycles. The third-order valence-corrected chi connectivity index (χ3v) is 14.1. The molecule has 3 aromatic rings. The summed E-state index contributed by atoms with van der Waals surface area (Å²) in [5.41, 5.74) is -0.443. The van der Waals surface area contributed by atoms with Gasteiger partial charge < -0.3 is 38.3 Å². The number of methoxy groups -OCH3 is 1. The van der Waals surface area contributed by atoms with Crippen LogP contribution in [0, 0.1) is 34.5 Å². The fourth-order valence-corrected chi connectivity index (χ4v) is 10.1. The molecule has 8 rings (SSSR count). The summed E-state index contributed by atoms with van der Waals surface area (Å²) in [7, 11) is 1.31. The van der Waals surface area contributed by atoms with Crippen LogP contribution in [0.25, 0.3) is 22.3 Å². The van der Waals surface area contributed by atoms with Crippen molar-refractivity contribution in [3.63, 3.8) is 0 Å². The summed E-state index contributed by atoms with van der Waals surface area (Å²) in [5.74, 6) is -0.431. The number of amides is 1. The van der Waals surface area contributed by atoms with Gasteiger partial charge in [-0.2, -0.15) is 4.98 Å². The number of nitrogens with one attached hydrogen (secondary N) is 1. The van der Waals surface area contributed by atoms with Crippen LogP contribution in [0.3, 0.4) is 0 Å². The third-order valence-electron chi connectivity index (χ3n) is 13.7. The number of fused-ring (bicyclic) bond motifs is 2. The van der Waals surface area contributed by atoms with Crippen molar-refractivity contribution in [3.05, 3.63) is 42.1 Å². The number of allylic oxidation sites excluding steroid dienone is 1. The lowest BCUT2D eigenvalue weighted by Gasteiger charge is -2.35. The van der Waals surface area contributed by atoms with Gasteiger partial charge >= 0.3 is 11.9 Å². The number of oxazole rings is 1. The Bertz CT molecular complexity index is 2240. The molecule has 1 N–H and O–H groups in total. The van der Waals surface area contributed by atoms with Crippen molar-refractivity contribution >= 4 is 52.1 Å². The molecule has 16 heteroatoms. The molecule has 2 saturated heterocycles. The molecule has 1 amide bonds. The molecule has 4 heterocycles. The number of ether oxygens (including phenoxy) is 5. The molecule has 2 unspecified atom stereocenters. The number of pyridine rings is 1. The van der Waals surface area contributed by atoms with Gasteiger partial charge in [0.05, 0.1) is 61.9 Å². The van der Waals surface area contributed by atoms with E-state index in [1.165, 1.54) is 19.8 Å². The quantitative estimate of drug-likeness (QED) is 0.101. The fourth-order valence-electron chi connectivity index (χ4n) is 9.88. The van der Waals surface area contributed by atoms with Crippen molar-refractivity contribution < 1.29 is 47.3 Å². The highest BCUT2D eigenvalue weighted by Crippen LogP contribution is 2.57. The maximum absolute atomic E-state index is 15.0. The Balaban J connectivity index is 1.10. The minimum Gasteiger partial charge on any atom is -0.491 e. The molecule has 64 heavy (non-hydrogen) atoms. The first-order valence-electron chi connectivity index (χ1n) is 22.8. The number of rotatable bonds is 18. The summed E-state index contributed by atoms with van der Waals surface area (Å²) in [6.45, 7) is 17.8. The summed E-state index contributed by atoms with van der Waals surface area (Å²) in [4.78, 5) is 69.6. The molecule has 5 fully saturated rings. The Morgan fingerprint density at radius 2 is 1.78 bits per heavy atom. The highest BCUT2D eigenvalue weighted by atomic mass is 35.5. The van der Waals surface area contributed by atoms with Crippen LogP contribution in [-0.2, 0) is 33.4 Å². The number of ketones is 1. The van der Waals surface area contributed by atoms with E-state index in [-0.39, 0.29) is 60.6 Å². The summed E-state index contributed by atoms with van der Waals surface area (Å²) in [6.07, 6.45) is 5.61. The predicted octanol–water partition coefficient (Wildman–Crippen LogP) is 7.14. The molecule has 0 spiro atoms. The Morgan fingerprint density at radius 1 is 1.03 bits per heavy atom. The normalized spacial score (nSPS) is 26.9. The molecular weight excluding hydrogens is 842 g/mol. The second kappa shape index (κ2) is 18.6. The molecule has 0 bridgehead atoms. The number of hydrogen-bond acceptors (Lipinski definition) is 14. The highest BCUT2D eigenvalue weighted by Gasteiger charge is 2.61. The molecule has 2 aliphatic heterocycles. The number of halogens is 1. The SMILES string of the molecule is C=C[C@@H]1CC1(CC(=O)[C@@H]1C[C@@H](Oc2cc(-c3coc(NC(C)C)n3)nc3c(Cl)c(OCCN4CCOCC4)ccc23)CN1C(=O)[C@@H](CC(=O)OC1C[C@@H]2C[C@@H]2C1)C(C)(C)C)C(=O)OC. The third kappa shape index (κ3) is 9.91. The van der Waals surface area contributed by atoms with E-state index < -0.39 is 40.8 Å². The number of Topliss-reactive ketones (excluding diaryl/α,β-unsaturated/α-hetero) is 1. The lowest BCUT2D eigenvalue weighted by molar-refractivity contribution is -0.157. The van der Waals surface area contributed by atoms with E-state index in [0.29, 0.717) is 84.4 Å². The number of aromatic nitrogens is 2. The molecule has 346 valence electrons. The Morgan fingerprint density at radius 3 is 2.45 bits per heavy atom. The zero-order valence-electron chi connectivity index (χ0n) is 37.9. The number of likely N-dealkylation sites (tertiary alicyclic amines) is 1. The van der Waals surface area contributed by atoms with Crippen molar-refractivity contribution in [2.75, 3.05) is 58.4 Å². The number of carbonyl (C=O) groups is 4. The van der Waals surface area contributed by atoms with Gasteiger partial charge in [-0.25, -0.2) is 4.98 Å². The van der Waals surface area contributed by atoms with E-state index in [2.05, 4.69) is 21.8 Å². The van der Waals surface area contributed by atoms with E-state index in [4.69, 9.17) is 44.7 Å². The Hall–Kier alpha value is -4.73. The Kier molecular flexibility index (Phi) is 13.3. The number of hydrogen-bond donors (Lipinski definition) is 1. The minimum absolute atomic E-state index is 0.0427. The van der Waals surface area contributed by atoms with E-state index >= 15 is 0 Å². The monoisotopic (exact) mass is 903 g/mol. The van der Waals surface area contributed by atoms with Gasteiger partial charge in [-0.05, 0) is 74.8 Å². The average molecular weight is 905 g/mol. The molecule has 0 radical (unpaired) electrons. The van der Waals surface area contributed by atoms with Crippen LogP contribution in [0.1, 0.15) is 79.6 Å². The number of anilines is 1. The number of carbonyl (C=O) groups excluding carboxylic acids is 4. The largest absolute Gasteiger partial charge is 0.491 e. The predicted molar refractivity (Wildman–Crippen MR) is 239 cm³/mol. The summed E-state index contributed by atoms with van der Waals surface area (Å²) >= 11 is 7.11. The van der Waals surface area contributed by atoms with Crippen LogP contribution in [-0.4, -0.2) is 121 Å². The van der Waals surface area contributed by atoms with Gasteiger partial charge in [0, 0.05) is 50.0 Å². The van der Waals surface area contributed by atoms with Crippen molar-refractivity contribution in [1.82, 2.24) is 19.8 Å². The van der Waals surface area contributed by atoms with Crippen LogP contribution in [0.2, 0.25) is 5.02 Å². The van der Waals surface area contributed by atoms with E-state index in [9.17, 15) is 19.2 Å². The number of benzene rings is 1. The van der Waals surface area contributed by atoms with Crippen LogP contribution in [0.4, 0.5) is 6.01 Å². The highest BCUT2D eigenvalue weighted by molar-refractivity contribution is 6.36. The fraction of sp³-hybridized carbons (Fsp3) is 0.625. The first-order chi connectivity index (χ1) is 30.6. The first-order valence-corrected chi connectivity index (χ1v) is 23.1. The summed E-state index contributed by atoms with van der Waals surface area (Å²) < 4.78 is 35.4. The van der Waals surface area contributed by atoms with Gasteiger partial charge in [-0.15, -0.1) is 6.58 Å². The zero-order valence-corrected chi connectivity index (χ0v) is 38.6. The molecule has 1 aromatic carbocycles. The smallest absolute Gasteiger partial charge is 0.312 e. The van der Waals surface area contributed by atoms with Crippen LogP contribution in [0.5, 0.6) is 11.5 Å². The topological polar surface area (TPSA) is 172 Å². The Labute approximate surface area is 379 Å². The van der Waals surface area contributed by atoms with Gasteiger partial charge in [0.1, 0.15) is 47.3 Å². The molecular formula is C48H62ClN5O10. The summed E-state index contributed by atoms with van der Waals surface area (Å²) in [5, 5.41) is 4.04.